The molecule has 0 N–H and O–H groups in total. The second-order valence-corrected chi connectivity index (χ2v) is 5.10. The fraction of sp³-hybridized carbons (Fsp3) is 0.294. The molecule has 2 aromatic carbocycles. The number of benzene rings is 2. The summed E-state index contributed by atoms with van der Waals surface area (Å²) in [5.74, 6) is 0. The molecule has 0 aliphatic carbocycles. The Balaban J connectivity index is 1.92. The van der Waals surface area contributed by atoms with Crippen molar-refractivity contribution in [3.8, 4) is 0 Å². The Morgan fingerprint density at radius 3 is 2.61 bits per heavy atom. The lowest BCUT2D eigenvalue weighted by atomic mass is 10.0. The van der Waals surface area contributed by atoms with Gasteiger partial charge < -0.3 is 4.90 Å². The minimum atomic E-state index is 0.548. The molecule has 0 aromatic heterocycles. The highest BCUT2D eigenvalue weighted by atomic mass is 15.2. The topological polar surface area (TPSA) is 3.24 Å². The zero-order valence-electron chi connectivity index (χ0n) is 10.8. The van der Waals surface area contributed by atoms with Crippen molar-refractivity contribution in [2.75, 3.05) is 11.4 Å². The van der Waals surface area contributed by atoms with E-state index in [1.807, 2.05) is 0 Å². The van der Waals surface area contributed by atoms with Crippen LogP contribution in [0.1, 0.15) is 30.0 Å². The smallest absolute Gasteiger partial charge is 0.0543 e. The summed E-state index contributed by atoms with van der Waals surface area (Å²) in [5, 5.41) is 0. The van der Waals surface area contributed by atoms with Crippen LogP contribution >= 0.6 is 0 Å². The Morgan fingerprint density at radius 2 is 1.83 bits per heavy atom. The number of anilines is 1. The molecule has 1 heteroatoms. The number of rotatable bonds is 2. The van der Waals surface area contributed by atoms with Gasteiger partial charge in [0.2, 0.25) is 0 Å². The average Bonchev–Trinajstić information content (AvgIpc) is 2.89. The minimum Gasteiger partial charge on any atom is -0.364 e. The molecule has 0 saturated carbocycles. The molecule has 0 bridgehead atoms. The molecule has 1 heterocycles. The van der Waals surface area contributed by atoms with E-state index >= 15 is 0 Å². The first-order chi connectivity index (χ1) is 8.84. The molecule has 1 nitrogen and oxygen atoms in total. The van der Waals surface area contributed by atoms with Crippen LogP contribution in [0.4, 0.5) is 5.69 Å². The van der Waals surface area contributed by atoms with Gasteiger partial charge in [0.15, 0.2) is 0 Å². The summed E-state index contributed by atoms with van der Waals surface area (Å²) in [5.41, 5.74) is 4.16. The van der Waals surface area contributed by atoms with Gasteiger partial charge in [-0.05, 0) is 37.5 Å². The highest BCUT2D eigenvalue weighted by Gasteiger charge is 2.25. The zero-order valence-corrected chi connectivity index (χ0v) is 10.8. The molecule has 1 unspecified atom stereocenters. The van der Waals surface area contributed by atoms with Crippen LogP contribution in [-0.4, -0.2) is 6.54 Å². The van der Waals surface area contributed by atoms with Crippen LogP contribution in [0.5, 0.6) is 0 Å². The summed E-state index contributed by atoms with van der Waals surface area (Å²) in [7, 11) is 0. The Bertz CT molecular complexity index is 518. The van der Waals surface area contributed by atoms with Gasteiger partial charge in [-0.3, -0.25) is 0 Å². The minimum absolute atomic E-state index is 0.548. The fourth-order valence-corrected chi connectivity index (χ4v) is 2.92. The van der Waals surface area contributed by atoms with Gasteiger partial charge in [0.05, 0.1) is 6.04 Å². The van der Waals surface area contributed by atoms with Gasteiger partial charge in [0, 0.05) is 12.2 Å². The molecule has 92 valence electrons. The van der Waals surface area contributed by atoms with Gasteiger partial charge >= 0.3 is 0 Å². The summed E-state index contributed by atoms with van der Waals surface area (Å²) in [6.07, 6.45) is 2.55. The maximum atomic E-state index is 2.54. The van der Waals surface area contributed by atoms with Gasteiger partial charge in [-0.15, -0.1) is 0 Å². The van der Waals surface area contributed by atoms with E-state index in [0.717, 1.165) is 0 Å². The second-order valence-electron chi connectivity index (χ2n) is 5.10. The van der Waals surface area contributed by atoms with Crippen LogP contribution in [0.2, 0.25) is 0 Å². The monoisotopic (exact) mass is 237 g/mol. The molecule has 0 radical (unpaired) electrons. The average molecular weight is 237 g/mol. The summed E-state index contributed by atoms with van der Waals surface area (Å²) in [6, 6.07) is 20.3. The molecule has 1 saturated heterocycles. The quantitative estimate of drug-likeness (QED) is 0.751. The molecule has 1 aliphatic rings. The van der Waals surface area contributed by atoms with Gasteiger partial charge in [-0.25, -0.2) is 0 Å². The predicted octanol–water partition coefficient (Wildman–Crippen LogP) is 4.34. The Kier molecular flexibility index (Phi) is 3.06. The SMILES string of the molecule is Cc1cccc(C2CCCN2c2ccccc2)c1. The normalized spacial score (nSPS) is 19.2. The first kappa shape index (κ1) is 11.3. The zero-order chi connectivity index (χ0) is 12.4. The van der Waals surface area contributed by atoms with Crippen molar-refractivity contribution in [3.63, 3.8) is 0 Å². The van der Waals surface area contributed by atoms with E-state index in [0.29, 0.717) is 6.04 Å². The summed E-state index contributed by atoms with van der Waals surface area (Å²) in [4.78, 5) is 2.54. The van der Waals surface area contributed by atoms with Gasteiger partial charge in [-0.2, -0.15) is 0 Å². The summed E-state index contributed by atoms with van der Waals surface area (Å²) >= 11 is 0. The Morgan fingerprint density at radius 1 is 1.00 bits per heavy atom. The van der Waals surface area contributed by atoms with Crippen molar-refractivity contribution in [3.05, 3.63) is 65.7 Å². The van der Waals surface area contributed by atoms with E-state index < -0.39 is 0 Å². The highest BCUT2D eigenvalue weighted by Crippen LogP contribution is 2.35. The lowest BCUT2D eigenvalue weighted by Gasteiger charge is -2.27. The van der Waals surface area contributed by atoms with E-state index in [1.54, 1.807) is 0 Å². The third kappa shape index (κ3) is 2.13. The van der Waals surface area contributed by atoms with Crippen LogP contribution in [-0.2, 0) is 0 Å². The number of para-hydroxylation sites is 1. The van der Waals surface area contributed by atoms with E-state index in [1.165, 1.54) is 36.2 Å². The van der Waals surface area contributed by atoms with Gasteiger partial charge in [-0.1, -0.05) is 48.0 Å². The van der Waals surface area contributed by atoms with E-state index in [2.05, 4.69) is 66.4 Å². The maximum Gasteiger partial charge on any atom is 0.0543 e. The standard InChI is InChI=1S/C17H19N/c1-14-7-5-8-15(13-14)17-11-6-12-18(17)16-9-3-2-4-10-16/h2-5,7-10,13,17H,6,11-12H2,1H3. The number of aryl methyl sites for hydroxylation is 1. The number of nitrogens with zero attached hydrogens (tertiary/aromatic N) is 1. The van der Waals surface area contributed by atoms with E-state index in [9.17, 15) is 0 Å². The third-order valence-electron chi connectivity index (χ3n) is 3.77. The predicted molar refractivity (Wildman–Crippen MR) is 76.9 cm³/mol. The molecule has 18 heavy (non-hydrogen) atoms. The first-order valence-electron chi connectivity index (χ1n) is 6.73. The van der Waals surface area contributed by atoms with Crippen LogP contribution < -0.4 is 4.90 Å². The summed E-state index contributed by atoms with van der Waals surface area (Å²) in [6.45, 7) is 3.34. The molecule has 0 amide bonds. The lowest BCUT2D eigenvalue weighted by molar-refractivity contribution is 0.718. The van der Waals surface area contributed by atoms with Crippen LogP contribution in [0.3, 0.4) is 0 Å². The van der Waals surface area contributed by atoms with Crippen LogP contribution in [0.15, 0.2) is 54.6 Å². The Labute approximate surface area is 109 Å². The van der Waals surface area contributed by atoms with Crippen molar-refractivity contribution in [2.24, 2.45) is 0 Å². The van der Waals surface area contributed by atoms with Gasteiger partial charge in [0.1, 0.15) is 0 Å². The second kappa shape index (κ2) is 4.85. The molecule has 3 rings (SSSR count). The number of hydrogen-bond acceptors (Lipinski definition) is 1. The molecule has 1 aliphatic heterocycles. The van der Waals surface area contributed by atoms with Crippen molar-refractivity contribution < 1.29 is 0 Å². The van der Waals surface area contributed by atoms with Crippen LogP contribution in [0, 0.1) is 6.92 Å². The highest BCUT2D eigenvalue weighted by molar-refractivity contribution is 5.50. The Hall–Kier alpha value is -1.76. The van der Waals surface area contributed by atoms with Crippen molar-refractivity contribution in [1.82, 2.24) is 0 Å². The van der Waals surface area contributed by atoms with Crippen LogP contribution in [0.25, 0.3) is 0 Å². The molecular weight excluding hydrogens is 218 g/mol. The molecular formula is C17H19N. The molecule has 2 aromatic rings. The van der Waals surface area contributed by atoms with E-state index in [-0.39, 0.29) is 0 Å². The maximum absolute atomic E-state index is 2.54. The summed E-state index contributed by atoms with van der Waals surface area (Å²) < 4.78 is 0. The number of hydrogen-bond donors (Lipinski definition) is 0. The molecule has 0 spiro atoms. The molecule has 1 fully saturated rings. The largest absolute Gasteiger partial charge is 0.364 e. The van der Waals surface area contributed by atoms with Gasteiger partial charge in [0.25, 0.3) is 0 Å². The van der Waals surface area contributed by atoms with Crippen molar-refractivity contribution >= 4 is 5.69 Å². The molecule has 1 atom stereocenters. The fourth-order valence-electron chi connectivity index (χ4n) is 2.92. The van der Waals surface area contributed by atoms with Crippen molar-refractivity contribution in [2.45, 2.75) is 25.8 Å². The van der Waals surface area contributed by atoms with E-state index in [4.69, 9.17) is 0 Å². The van der Waals surface area contributed by atoms with Crippen molar-refractivity contribution in [1.29, 1.82) is 0 Å². The first-order valence-corrected chi connectivity index (χ1v) is 6.73. The lowest BCUT2D eigenvalue weighted by Crippen LogP contribution is -2.22. The third-order valence-corrected chi connectivity index (χ3v) is 3.77.